The van der Waals surface area contributed by atoms with Gasteiger partial charge in [-0.25, -0.2) is 4.79 Å². The zero-order chi connectivity index (χ0) is 19.6. The van der Waals surface area contributed by atoms with Crippen LogP contribution in [-0.2, 0) is 11.2 Å². The smallest absolute Gasteiger partial charge is 0.337 e. The SMILES string of the molecule is Cc1sc(C)c(C(=O)NCC(=O)NC2CCCc3ccccc32)c1C(=O)O. The lowest BCUT2D eigenvalue weighted by Gasteiger charge is -2.26. The van der Waals surface area contributed by atoms with Crippen molar-refractivity contribution in [3.63, 3.8) is 0 Å². The number of hydrogen-bond acceptors (Lipinski definition) is 4. The lowest BCUT2D eigenvalue weighted by atomic mass is 9.88. The van der Waals surface area contributed by atoms with Gasteiger partial charge >= 0.3 is 5.97 Å². The molecule has 0 radical (unpaired) electrons. The van der Waals surface area contributed by atoms with Gasteiger partial charge in [-0.3, -0.25) is 9.59 Å². The van der Waals surface area contributed by atoms with Crippen LogP contribution in [0.4, 0.5) is 0 Å². The van der Waals surface area contributed by atoms with Gasteiger partial charge in [0.15, 0.2) is 0 Å². The Morgan fingerprint density at radius 1 is 1.15 bits per heavy atom. The number of fused-ring (bicyclic) bond motifs is 1. The second-order valence-corrected chi connectivity index (χ2v) is 8.09. The summed E-state index contributed by atoms with van der Waals surface area (Å²) in [7, 11) is 0. The maximum Gasteiger partial charge on any atom is 0.337 e. The van der Waals surface area contributed by atoms with Crippen LogP contribution in [0.15, 0.2) is 24.3 Å². The summed E-state index contributed by atoms with van der Waals surface area (Å²) in [5.41, 5.74) is 2.52. The molecule has 1 aliphatic rings. The van der Waals surface area contributed by atoms with Crippen LogP contribution in [0, 0.1) is 13.8 Å². The first-order valence-electron chi connectivity index (χ1n) is 8.87. The third kappa shape index (κ3) is 4.03. The van der Waals surface area contributed by atoms with Gasteiger partial charge in [-0.15, -0.1) is 11.3 Å². The number of hydrogen-bond donors (Lipinski definition) is 3. The van der Waals surface area contributed by atoms with Gasteiger partial charge in [0.25, 0.3) is 5.91 Å². The highest BCUT2D eigenvalue weighted by molar-refractivity contribution is 7.12. The van der Waals surface area contributed by atoms with Crippen LogP contribution in [0.1, 0.15) is 60.5 Å². The van der Waals surface area contributed by atoms with Crippen LogP contribution in [0.2, 0.25) is 0 Å². The summed E-state index contributed by atoms with van der Waals surface area (Å²) < 4.78 is 0. The van der Waals surface area contributed by atoms with E-state index in [4.69, 9.17) is 0 Å². The Hall–Kier alpha value is -2.67. The van der Waals surface area contributed by atoms with E-state index in [9.17, 15) is 19.5 Å². The number of aryl methyl sites for hydroxylation is 3. The Labute approximate surface area is 161 Å². The molecule has 6 nitrogen and oxygen atoms in total. The summed E-state index contributed by atoms with van der Waals surface area (Å²) in [6.45, 7) is 3.19. The Bertz CT molecular complexity index is 903. The second kappa shape index (κ2) is 7.92. The molecule has 0 saturated carbocycles. The van der Waals surface area contributed by atoms with E-state index in [1.807, 2.05) is 18.2 Å². The lowest BCUT2D eigenvalue weighted by Crippen LogP contribution is -2.39. The first kappa shape index (κ1) is 19.1. The molecule has 3 rings (SSSR count). The average Bonchev–Trinajstić information content (AvgIpc) is 2.94. The molecule has 142 valence electrons. The summed E-state index contributed by atoms with van der Waals surface area (Å²) in [4.78, 5) is 37.4. The number of rotatable bonds is 5. The summed E-state index contributed by atoms with van der Waals surface area (Å²) in [6.07, 6.45) is 2.88. The third-order valence-electron chi connectivity index (χ3n) is 4.82. The number of aromatic carboxylic acids is 1. The van der Waals surface area contributed by atoms with Gasteiger partial charge in [-0.05, 0) is 44.2 Å². The molecule has 3 N–H and O–H groups in total. The molecular formula is C20H22N2O4S. The van der Waals surface area contributed by atoms with E-state index >= 15 is 0 Å². The molecule has 7 heteroatoms. The molecule has 1 aromatic carbocycles. The van der Waals surface area contributed by atoms with Gasteiger partial charge in [-0.2, -0.15) is 0 Å². The fourth-order valence-corrected chi connectivity index (χ4v) is 4.66. The number of amides is 2. The zero-order valence-electron chi connectivity index (χ0n) is 15.3. The Kier molecular flexibility index (Phi) is 5.60. The number of carbonyl (C=O) groups excluding carboxylic acids is 2. The standard InChI is InChI=1S/C20H22N2O4S/c1-11-17(18(20(25)26)12(2)27-11)19(24)21-10-16(23)22-15-9-5-7-13-6-3-4-8-14(13)15/h3-4,6,8,15H,5,7,9-10H2,1-2H3,(H,21,24)(H,22,23)(H,25,26). The largest absolute Gasteiger partial charge is 0.478 e. The fourth-order valence-electron chi connectivity index (χ4n) is 3.61. The van der Waals surface area contributed by atoms with E-state index in [0.29, 0.717) is 9.75 Å². The summed E-state index contributed by atoms with van der Waals surface area (Å²) >= 11 is 1.27. The van der Waals surface area contributed by atoms with E-state index in [1.54, 1.807) is 13.8 Å². The van der Waals surface area contributed by atoms with Gasteiger partial charge in [-0.1, -0.05) is 24.3 Å². The van der Waals surface area contributed by atoms with Crippen molar-refractivity contribution in [3.05, 3.63) is 56.3 Å². The highest BCUT2D eigenvalue weighted by Crippen LogP contribution is 2.29. The predicted octanol–water partition coefficient (Wildman–Crippen LogP) is 2.99. The molecule has 0 saturated heterocycles. The van der Waals surface area contributed by atoms with Crippen molar-refractivity contribution in [3.8, 4) is 0 Å². The highest BCUT2D eigenvalue weighted by Gasteiger charge is 2.25. The van der Waals surface area contributed by atoms with Crippen LogP contribution in [0.3, 0.4) is 0 Å². The van der Waals surface area contributed by atoms with Crippen molar-refractivity contribution in [2.24, 2.45) is 0 Å². The van der Waals surface area contributed by atoms with Crippen molar-refractivity contribution in [1.29, 1.82) is 0 Å². The maximum atomic E-state index is 12.5. The number of thiophene rings is 1. The van der Waals surface area contributed by atoms with Crippen LogP contribution >= 0.6 is 11.3 Å². The summed E-state index contributed by atoms with van der Waals surface area (Å²) in [6, 6.07) is 7.99. The minimum absolute atomic E-state index is 0.0108. The molecule has 0 aliphatic heterocycles. The lowest BCUT2D eigenvalue weighted by molar-refractivity contribution is -0.121. The average molecular weight is 386 g/mol. The molecule has 1 atom stereocenters. The second-order valence-electron chi connectivity index (χ2n) is 6.66. The molecule has 1 aromatic heterocycles. The van der Waals surface area contributed by atoms with Gasteiger partial charge in [0.05, 0.1) is 23.7 Å². The van der Waals surface area contributed by atoms with E-state index < -0.39 is 11.9 Å². The quantitative estimate of drug-likeness (QED) is 0.736. The number of carboxylic acid groups (broad SMARTS) is 1. The molecule has 0 fully saturated rings. The molecule has 27 heavy (non-hydrogen) atoms. The first-order valence-corrected chi connectivity index (χ1v) is 9.68. The van der Waals surface area contributed by atoms with Crippen LogP contribution in [-0.4, -0.2) is 29.4 Å². The number of nitrogens with one attached hydrogen (secondary N) is 2. The highest BCUT2D eigenvalue weighted by atomic mass is 32.1. The van der Waals surface area contributed by atoms with E-state index in [-0.39, 0.29) is 29.6 Å². The molecule has 2 amide bonds. The number of carboxylic acids is 1. The third-order valence-corrected chi connectivity index (χ3v) is 5.84. The predicted molar refractivity (Wildman–Crippen MR) is 103 cm³/mol. The summed E-state index contributed by atoms with van der Waals surface area (Å²) in [5, 5.41) is 14.9. The Balaban J connectivity index is 1.64. The minimum atomic E-state index is -1.13. The van der Waals surface area contributed by atoms with Crippen molar-refractivity contribution < 1.29 is 19.5 Å². The Morgan fingerprint density at radius 2 is 1.85 bits per heavy atom. The molecule has 1 unspecified atom stereocenters. The minimum Gasteiger partial charge on any atom is -0.478 e. The van der Waals surface area contributed by atoms with E-state index in [1.165, 1.54) is 16.9 Å². The monoisotopic (exact) mass is 386 g/mol. The normalized spacial score (nSPS) is 15.7. The summed E-state index contributed by atoms with van der Waals surface area (Å²) in [5.74, 6) is -1.95. The van der Waals surface area contributed by atoms with Crippen LogP contribution < -0.4 is 10.6 Å². The van der Waals surface area contributed by atoms with Crippen molar-refractivity contribution in [2.75, 3.05) is 6.54 Å². The van der Waals surface area contributed by atoms with Crippen molar-refractivity contribution >= 4 is 29.1 Å². The van der Waals surface area contributed by atoms with Crippen LogP contribution in [0.25, 0.3) is 0 Å². The molecule has 1 heterocycles. The van der Waals surface area contributed by atoms with Gasteiger partial charge in [0.2, 0.25) is 5.91 Å². The number of carbonyl (C=O) groups is 3. The molecule has 0 spiro atoms. The molecule has 0 bridgehead atoms. The fraction of sp³-hybridized carbons (Fsp3) is 0.350. The van der Waals surface area contributed by atoms with E-state index in [0.717, 1.165) is 24.8 Å². The topological polar surface area (TPSA) is 95.5 Å². The van der Waals surface area contributed by atoms with Crippen molar-refractivity contribution in [1.82, 2.24) is 10.6 Å². The van der Waals surface area contributed by atoms with Gasteiger partial charge < -0.3 is 15.7 Å². The van der Waals surface area contributed by atoms with Gasteiger partial charge in [0.1, 0.15) is 0 Å². The molecule has 1 aliphatic carbocycles. The van der Waals surface area contributed by atoms with Gasteiger partial charge in [0, 0.05) is 9.75 Å². The van der Waals surface area contributed by atoms with Crippen LogP contribution in [0.5, 0.6) is 0 Å². The van der Waals surface area contributed by atoms with E-state index in [2.05, 4.69) is 16.7 Å². The number of benzene rings is 1. The first-order chi connectivity index (χ1) is 12.9. The molecule has 2 aromatic rings. The molecular weight excluding hydrogens is 364 g/mol. The zero-order valence-corrected chi connectivity index (χ0v) is 16.1. The maximum absolute atomic E-state index is 12.5. The Morgan fingerprint density at radius 3 is 2.59 bits per heavy atom. The van der Waals surface area contributed by atoms with Crippen molar-refractivity contribution in [2.45, 2.75) is 39.2 Å².